The summed E-state index contributed by atoms with van der Waals surface area (Å²) in [5.74, 6) is -0.820. The Morgan fingerprint density at radius 2 is 1.83 bits per heavy atom. The third kappa shape index (κ3) is 3.96. The second-order valence-corrected chi connectivity index (χ2v) is 3.31. The predicted molar refractivity (Wildman–Crippen MR) is 57.7 cm³/mol. The van der Waals surface area contributed by atoms with Crippen molar-refractivity contribution in [3.05, 3.63) is 29.8 Å². The zero-order valence-corrected chi connectivity index (χ0v) is 9.04. The topological polar surface area (TPSA) is 84.2 Å². The first-order valence-electron chi connectivity index (χ1n) is 4.80. The van der Waals surface area contributed by atoms with Gasteiger partial charge in [-0.05, 0) is 12.1 Å². The maximum Gasteiger partial charge on any atom is 0.418 e. The van der Waals surface area contributed by atoms with Gasteiger partial charge in [0.1, 0.15) is 0 Å². The molecule has 18 heavy (non-hydrogen) atoms. The molecular formula is C10H10F3N3O2. The van der Waals surface area contributed by atoms with E-state index in [2.05, 4.69) is 11.1 Å². The lowest BCUT2D eigenvalue weighted by molar-refractivity contribution is -0.137. The van der Waals surface area contributed by atoms with Crippen LogP contribution in [0.4, 0.5) is 23.7 Å². The number of amides is 3. The molecule has 0 aliphatic rings. The number of urea groups is 1. The number of nitrogens with one attached hydrogen (secondary N) is 2. The Morgan fingerprint density at radius 3 is 2.39 bits per heavy atom. The molecule has 8 heteroatoms. The van der Waals surface area contributed by atoms with Crippen molar-refractivity contribution in [1.29, 1.82) is 0 Å². The molecule has 1 rings (SSSR count). The first-order valence-corrected chi connectivity index (χ1v) is 4.80. The third-order valence-electron chi connectivity index (χ3n) is 1.93. The second-order valence-electron chi connectivity index (χ2n) is 3.31. The van der Waals surface area contributed by atoms with Gasteiger partial charge in [-0.25, -0.2) is 4.79 Å². The maximum atomic E-state index is 12.6. The number of carbonyl (C=O) groups is 2. The number of primary amides is 1. The Kier molecular flexibility index (Phi) is 4.13. The first-order chi connectivity index (χ1) is 8.30. The van der Waals surface area contributed by atoms with E-state index < -0.39 is 30.2 Å². The number of nitrogens with two attached hydrogens (primary N) is 1. The van der Waals surface area contributed by atoms with Gasteiger partial charge in [-0.2, -0.15) is 13.2 Å². The molecule has 1 aromatic carbocycles. The Balaban J connectivity index is 2.74. The first kappa shape index (κ1) is 13.8. The number of para-hydroxylation sites is 1. The third-order valence-corrected chi connectivity index (χ3v) is 1.93. The van der Waals surface area contributed by atoms with E-state index in [1.54, 1.807) is 5.32 Å². The number of benzene rings is 1. The van der Waals surface area contributed by atoms with Gasteiger partial charge in [0.2, 0.25) is 5.91 Å². The van der Waals surface area contributed by atoms with Crippen molar-refractivity contribution in [3.8, 4) is 0 Å². The SMILES string of the molecule is NC(=O)NC(=O)CNc1ccccc1C(F)(F)F. The minimum Gasteiger partial charge on any atom is -0.376 e. The number of rotatable bonds is 3. The second kappa shape index (κ2) is 5.39. The fraction of sp³-hybridized carbons (Fsp3) is 0.200. The highest BCUT2D eigenvalue weighted by atomic mass is 19.4. The maximum absolute atomic E-state index is 12.6. The average molecular weight is 261 g/mol. The number of hydrogen-bond acceptors (Lipinski definition) is 3. The van der Waals surface area contributed by atoms with E-state index in [9.17, 15) is 22.8 Å². The van der Waals surface area contributed by atoms with Crippen molar-refractivity contribution < 1.29 is 22.8 Å². The number of alkyl halides is 3. The minimum atomic E-state index is -4.52. The van der Waals surface area contributed by atoms with E-state index in [0.717, 1.165) is 6.07 Å². The standard InChI is InChI=1S/C10H10F3N3O2/c11-10(12,13)6-3-1-2-4-7(6)15-5-8(17)16-9(14)18/h1-4,15H,5H2,(H3,14,16,17,18). The van der Waals surface area contributed by atoms with Gasteiger partial charge in [0.05, 0.1) is 12.1 Å². The van der Waals surface area contributed by atoms with Crippen LogP contribution in [0.1, 0.15) is 5.56 Å². The van der Waals surface area contributed by atoms with Crippen LogP contribution in [0.15, 0.2) is 24.3 Å². The smallest absolute Gasteiger partial charge is 0.376 e. The highest BCUT2D eigenvalue weighted by Gasteiger charge is 2.33. The quantitative estimate of drug-likeness (QED) is 0.767. The summed E-state index contributed by atoms with van der Waals surface area (Å²) in [6.45, 7) is -0.490. The van der Waals surface area contributed by atoms with E-state index in [1.807, 2.05) is 0 Å². The summed E-state index contributed by atoms with van der Waals surface area (Å²) in [7, 11) is 0. The number of carbonyl (C=O) groups excluding carboxylic acids is 2. The van der Waals surface area contributed by atoms with Gasteiger partial charge < -0.3 is 11.1 Å². The van der Waals surface area contributed by atoms with Crippen molar-refractivity contribution in [3.63, 3.8) is 0 Å². The molecule has 98 valence electrons. The Hall–Kier alpha value is -2.25. The largest absolute Gasteiger partial charge is 0.418 e. The number of imide groups is 1. The summed E-state index contributed by atoms with van der Waals surface area (Å²) >= 11 is 0. The minimum absolute atomic E-state index is 0.246. The molecule has 4 N–H and O–H groups in total. The molecular weight excluding hydrogens is 251 g/mol. The zero-order chi connectivity index (χ0) is 13.8. The van der Waals surface area contributed by atoms with Crippen molar-refractivity contribution in [2.75, 3.05) is 11.9 Å². The number of anilines is 1. The van der Waals surface area contributed by atoms with E-state index in [1.165, 1.54) is 18.2 Å². The molecule has 0 saturated carbocycles. The van der Waals surface area contributed by atoms with Gasteiger partial charge in [-0.15, -0.1) is 0 Å². The molecule has 0 heterocycles. The summed E-state index contributed by atoms with van der Waals surface area (Å²) in [5, 5.41) is 4.01. The normalized spacial score (nSPS) is 10.8. The van der Waals surface area contributed by atoms with Crippen LogP contribution in [0.2, 0.25) is 0 Å². The van der Waals surface area contributed by atoms with Crippen molar-refractivity contribution in [2.45, 2.75) is 6.18 Å². The molecule has 0 aromatic heterocycles. The van der Waals surface area contributed by atoms with E-state index in [4.69, 9.17) is 0 Å². The molecule has 0 aliphatic heterocycles. The lowest BCUT2D eigenvalue weighted by Gasteiger charge is -2.13. The molecule has 0 saturated heterocycles. The van der Waals surface area contributed by atoms with Crippen LogP contribution in [0.25, 0.3) is 0 Å². The van der Waals surface area contributed by atoms with Crippen molar-refractivity contribution in [2.24, 2.45) is 5.73 Å². The highest BCUT2D eigenvalue weighted by molar-refractivity contribution is 5.95. The van der Waals surface area contributed by atoms with Gasteiger partial charge in [-0.1, -0.05) is 12.1 Å². The summed E-state index contributed by atoms with van der Waals surface area (Å²) in [6.07, 6.45) is -4.52. The van der Waals surface area contributed by atoms with Crippen LogP contribution in [-0.2, 0) is 11.0 Å². The van der Waals surface area contributed by atoms with Crippen LogP contribution in [-0.4, -0.2) is 18.5 Å². The molecule has 0 fully saturated rings. The number of halogens is 3. The fourth-order valence-corrected chi connectivity index (χ4v) is 1.24. The summed E-state index contributed by atoms with van der Waals surface area (Å²) in [5.41, 5.74) is 3.55. The molecule has 0 spiro atoms. The number of hydrogen-bond donors (Lipinski definition) is 3. The Morgan fingerprint density at radius 1 is 1.22 bits per heavy atom. The van der Waals surface area contributed by atoms with Crippen LogP contribution in [0.5, 0.6) is 0 Å². The Labute approximate surface area is 100 Å². The molecule has 0 aliphatic carbocycles. The summed E-state index contributed by atoms with van der Waals surface area (Å²) in [4.78, 5) is 21.4. The van der Waals surface area contributed by atoms with Crippen LogP contribution in [0, 0.1) is 0 Å². The van der Waals surface area contributed by atoms with E-state index >= 15 is 0 Å². The molecule has 3 amide bonds. The highest BCUT2D eigenvalue weighted by Crippen LogP contribution is 2.34. The van der Waals surface area contributed by atoms with Gasteiger partial charge in [0.25, 0.3) is 0 Å². The van der Waals surface area contributed by atoms with Crippen molar-refractivity contribution >= 4 is 17.6 Å². The molecule has 1 aromatic rings. The van der Waals surface area contributed by atoms with E-state index in [-0.39, 0.29) is 5.69 Å². The summed E-state index contributed by atoms with van der Waals surface area (Å²) < 4.78 is 37.7. The van der Waals surface area contributed by atoms with Gasteiger partial charge >= 0.3 is 12.2 Å². The lowest BCUT2D eigenvalue weighted by Crippen LogP contribution is -2.38. The summed E-state index contributed by atoms with van der Waals surface area (Å²) in [6, 6.07) is 3.63. The Bertz CT molecular complexity index is 460. The van der Waals surface area contributed by atoms with E-state index in [0.29, 0.717) is 0 Å². The van der Waals surface area contributed by atoms with Gasteiger partial charge in [0, 0.05) is 5.69 Å². The zero-order valence-electron chi connectivity index (χ0n) is 9.04. The monoisotopic (exact) mass is 261 g/mol. The molecule has 0 atom stereocenters. The molecule has 0 unspecified atom stereocenters. The van der Waals surface area contributed by atoms with Crippen LogP contribution < -0.4 is 16.4 Å². The fourth-order valence-electron chi connectivity index (χ4n) is 1.24. The van der Waals surface area contributed by atoms with Crippen LogP contribution >= 0.6 is 0 Å². The van der Waals surface area contributed by atoms with Gasteiger partial charge in [-0.3, -0.25) is 10.1 Å². The molecule has 0 bridgehead atoms. The van der Waals surface area contributed by atoms with Crippen molar-refractivity contribution in [1.82, 2.24) is 5.32 Å². The predicted octanol–water partition coefficient (Wildman–Crippen LogP) is 1.31. The molecule has 0 radical (unpaired) electrons. The molecule has 5 nitrogen and oxygen atoms in total. The van der Waals surface area contributed by atoms with Crippen LogP contribution in [0.3, 0.4) is 0 Å². The lowest BCUT2D eigenvalue weighted by atomic mass is 10.1. The van der Waals surface area contributed by atoms with Gasteiger partial charge in [0.15, 0.2) is 0 Å². The average Bonchev–Trinajstić information content (AvgIpc) is 2.24.